The molecule has 5 rings (SSSR count). The zero-order chi connectivity index (χ0) is 21.5. The monoisotopic (exact) mass is 419 g/mol. The van der Waals surface area contributed by atoms with Crippen molar-refractivity contribution in [1.29, 1.82) is 0 Å². The second-order valence-electron chi connectivity index (χ2n) is 7.82. The molecule has 0 bridgehead atoms. The zero-order valence-electron chi connectivity index (χ0n) is 18.1. The van der Waals surface area contributed by atoms with Crippen LogP contribution in [0.3, 0.4) is 0 Å². The Bertz CT molecular complexity index is 1250. The van der Waals surface area contributed by atoms with Gasteiger partial charge in [0.15, 0.2) is 5.65 Å². The third-order valence-electron chi connectivity index (χ3n) is 5.72. The maximum atomic E-state index is 5.62. The molecule has 0 amide bonds. The van der Waals surface area contributed by atoms with E-state index >= 15 is 0 Å². The van der Waals surface area contributed by atoms with E-state index in [-0.39, 0.29) is 6.10 Å². The smallest absolute Gasteiger partial charge is 0.253 e. The summed E-state index contributed by atoms with van der Waals surface area (Å²) in [5.41, 5.74) is 6.01. The van der Waals surface area contributed by atoms with Crippen molar-refractivity contribution in [1.82, 2.24) is 29.7 Å². The van der Waals surface area contributed by atoms with Crippen molar-refractivity contribution in [3.8, 4) is 23.0 Å². The SMILES string of the molecule is COc1cc(-c2nc(-n3nc(C)cc3C)nc3nc[nH]c23)cc(N2CCC(OC)C2)c1. The lowest BCUT2D eigenvalue weighted by Crippen LogP contribution is -2.22. The number of aromatic nitrogens is 6. The molecule has 31 heavy (non-hydrogen) atoms. The highest BCUT2D eigenvalue weighted by molar-refractivity contribution is 5.88. The van der Waals surface area contributed by atoms with Crippen molar-refractivity contribution in [2.75, 3.05) is 32.2 Å². The van der Waals surface area contributed by atoms with Crippen molar-refractivity contribution in [2.45, 2.75) is 26.4 Å². The van der Waals surface area contributed by atoms with Crippen LogP contribution in [0, 0.1) is 13.8 Å². The zero-order valence-corrected chi connectivity index (χ0v) is 18.1. The van der Waals surface area contributed by atoms with Crippen LogP contribution in [0.1, 0.15) is 17.8 Å². The van der Waals surface area contributed by atoms with E-state index in [4.69, 9.17) is 14.5 Å². The van der Waals surface area contributed by atoms with E-state index in [1.807, 2.05) is 26.0 Å². The number of imidazole rings is 1. The van der Waals surface area contributed by atoms with Gasteiger partial charge in [-0.2, -0.15) is 10.1 Å². The van der Waals surface area contributed by atoms with Crippen LogP contribution in [0.25, 0.3) is 28.4 Å². The molecular formula is C22H25N7O2. The van der Waals surface area contributed by atoms with Crippen molar-refractivity contribution >= 4 is 16.9 Å². The quantitative estimate of drug-likeness (QED) is 0.531. The minimum absolute atomic E-state index is 0.241. The molecule has 1 saturated heterocycles. The number of nitrogens with one attached hydrogen (secondary N) is 1. The highest BCUT2D eigenvalue weighted by Crippen LogP contribution is 2.34. The summed E-state index contributed by atoms with van der Waals surface area (Å²) >= 11 is 0. The average molecular weight is 419 g/mol. The molecule has 3 aromatic heterocycles. The number of anilines is 1. The molecule has 4 heterocycles. The number of H-pyrrole nitrogens is 1. The Morgan fingerprint density at radius 2 is 1.97 bits per heavy atom. The highest BCUT2D eigenvalue weighted by Gasteiger charge is 2.24. The summed E-state index contributed by atoms with van der Waals surface area (Å²) in [6.45, 7) is 5.73. The largest absolute Gasteiger partial charge is 0.497 e. The Hall–Kier alpha value is -3.46. The molecule has 160 valence electrons. The lowest BCUT2D eigenvalue weighted by Gasteiger charge is -2.20. The third-order valence-corrected chi connectivity index (χ3v) is 5.72. The molecule has 0 radical (unpaired) electrons. The van der Waals surface area contributed by atoms with Gasteiger partial charge in [0.2, 0.25) is 0 Å². The van der Waals surface area contributed by atoms with Crippen LogP contribution in [0.5, 0.6) is 5.75 Å². The number of rotatable bonds is 5. The van der Waals surface area contributed by atoms with E-state index in [1.54, 1.807) is 25.2 Å². The fourth-order valence-electron chi connectivity index (χ4n) is 4.13. The minimum atomic E-state index is 0.241. The summed E-state index contributed by atoms with van der Waals surface area (Å²) in [6.07, 6.45) is 2.88. The molecule has 0 spiro atoms. The number of ether oxygens (including phenoxy) is 2. The van der Waals surface area contributed by atoms with Gasteiger partial charge in [-0.25, -0.2) is 14.6 Å². The fourth-order valence-corrected chi connectivity index (χ4v) is 4.13. The predicted molar refractivity (Wildman–Crippen MR) is 118 cm³/mol. The van der Waals surface area contributed by atoms with Crippen LogP contribution < -0.4 is 9.64 Å². The molecule has 9 heteroatoms. The van der Waals surface area contributed by atoms with Gasteiger partial charge in [-0.1, -0.05) is 0 Å². The Balaban J connectivity index is 1.66. The molecule has 4 aromatic rings. The Kier molecular flexibility index (Phi) is 4.82. The summed E-state index contributed by atoms with van der Waals surface area (Å²) in [5, 5.41) is 4.55. The van der Waals surface area contributed by atoms with Crippen molar-refractivity contribution in [3.05, 3.63) is 42.0 Å². The molecule has 1 atom stereocenters. The number of aromatic amines is 1. The standard InChI is InChI=1S/C22H25N7O2/c1-13-7-14(2)29(27-13)22-25-19(20-21(26-22)24-12-23-20)15-8-16(10-18(9-15)31-4)28-6-5-17(11-28)30-3/h7-10,12,17H,5-6,11H2,1-4H3,(H,23,24,25,26). The summed E-state index contributed by atoms with van der Waals surface area (Å²) in [4.78, 5) is 19.4. The Morgan fingerprint density at radius 1 is 1.10 bits per heavy atom. The van der Waals surface area contributed by atoms with Crippen LogP contribution in [0.15, 0.2) is 30.6 Å². The fraction of sp³-hybridized carbons (Fsp3) is 0.364. The van der Waals surface area contributed by atoms with E-state index in [0.29, 0.717) is 11.6 Å². The van der Waals surface area contributed by atoms with E-state index in [0.717, 1.165) is 59.1 Å². The first-order chi connectivity index (χ1) is 15.1. The number of methoxy groups -OCH3 is 2. The number of hydrogen-bond donors (Lipinski definition) is 1. The van der Waals surface area contributed by atoms with Gasteiger partial charge >= 0.3 is 0 Å². The molecule has 0 aliphatic carbocycles. The van der Waals surface area contributed by atoms with Crippen molar-refractivity contribution in [3.63, 3.8) is 0 Å². The van der Waals surface area contributed by atoms with Gasteiger partial charge < -0.3 is 19.4 Å². The second-order valence-corrected chi connectivity index (χ2v) is 7.82. The van der Waals surface area contributed by atoms with Crippen LogP contribution >= 0.6 is 0 Å². The van der Waals surface area contributed by atoms with E-state index in [1.165, 1.54) is 0 Å². The number of hydrogen-bond acceptors (Lipinski definition) is 7. The molecule has 0 saturated carbocycles. The maximum absolute atomic E-state index is 5.62. The average Bonchev–Trinajstić information content (AvgIpc) is 3.51. The molecule has 1 aliphatic heterocycles. The Labute approximate surface area is 180 Å². The molecule has 1 fully saturated rings. The molecule has 1 aromatic carbocycles. The van der Waals surface area contributed by atoms with Gasteiger partial charge in [0, 0.05) is 43.2 Å². The number of benzene rings is 1. The minimum Gasteiger partial charge on any atom is -0.497 e. The first-order valence-corrected chi connectivity index (χ1v) is 10.3. The predicted octanol–water partition coefficient (Wildman–Crippen LogP) is 3.06. The first kappa shape index (κ1) is 19.5. The highest BCUT2D eigenvalue weighted by atomic mass is 16.5. The lowest BCUT2D eigenvalue weighted by atomic mass is 10.1. The number of fused-ring (bicyclic) bond motifs is 1. The van der Waals surface area contributed by atoms with E-state index in [9.17, 15) is 0 Å². The van der Waals surface area contributed by atoms with Gasteiger partial charge in [-0.3, -0.25) is 0 Å². The molecule has 9 nitrogen and oxygen atoms in total. The van der Waals surface area contributed by atoms with E-state index in [2.05, 4.69) is 37.1 Å². The Morgan fingerprint density at radius 3 is 2.68 bits per heavy atom. The third kappa shape index (κ3) is 3.50. The summed E-state index contributed by atoms with van der Waals surface area (Å²) < 4.78 is 12.9. The first-order valence-electron chi connectivity index (χ1n) is 10.3. The van der Waals surface area contributed by atoms with Gasteiger partial charge in [0.05, 0.1) is 25.2 Å². The van der Waals surface area contributed by atoms with E-state index < -0.39 is 0 Å². The molecule has 1 unspecified atom stereocenters. The normalized spacial score (nSPS) is 16.4. The van der Waals surface area contributed by atoms with Gasteiger partial charge in [-0.15, -0.1) is 0 Å². The molecular weight excluding hydrogens is 394 g/mol. The second kappa shape index (κ2) is 7.66. The lowest BCUT2D eigenvalue weighted by molar-refractivity contribution is 0.121. The maximum Gasteiger partial charge on any atom is 0.253 e. The summed E-state index contributed by atoms with van der Waals surface area (Å²) in [7, 11) is 3.44. The van der Waals surface area contributed by atoms with Gasteiger partial charge in [0.25, 0.3) is 5.95 Å². The molecule has 1 aliphatic rings. The van der Waals surface area contributed by atoms with Crippen LogP contribution in [-0.2, 0) is 4.74 Å². The summed E-state index contributed by atoms with van der Waals surface area (Å²) in [6, 6.07) is 8.17. The van der Waals surface area contributed by atoms with Crippen molar-refractivity contribution < 1.29 is 9.47 Å². The van der Waals surface area contributed by atoms with Crippen LogP contribution in [0.2, 0.25) is 0 Å². The molecule has 1 N–H and O–H groups in total. The van der Waals surface area contributed by atoms with Crippen LogP contribution in [0.4, 0.5) is 5.69 Å². The van der Waals surface area contributed by atoms with Crippen LogP contribution in [-0.4, -0.2) is 63.1 Å². The summed E-state index contributed by atoms with van der Waals surface area (Å²) in [5.74, 6) is 1.26. The van der Waals surface area contributed by atoms with Gasteiger partial charge in [0.1, 0.15) is 17.0 Å². The topological polar surface area (TPSA) is 94.0 Å². The van der Waals surface area contributed by atoms with Crippen molar-refractivity contribution in [2.24, 2.45) is 0 Å². The number of nitrogens with zero attached hydrogens (tertiary/aromatic N) is 6. The van der Waals surface area contributed by atoms with Gasteiger partial charge in [-0.05, 0) is 38.5 Å². The number of aryl methyl sites for hydroxylation is 2.